The number of hydrogen-bond donors (Lipinski definition) is 1. The second-order valence-electron chi connectivity index (χ2n) is 4.68. The Morgan fingerprint density at radius 1 is 1.38 bits per heavy atom. The Bertz CT molecular complexity index is 560. The molecule has 0 aromatic heterocycles. The van der Waals surface area contributed by atoms with Gasteiger partial charge in [0.1, 0.15) is 12.4 Å². The van der Waals surface area contributed by atoms with Crippen LogP contribution in [0.3, 0.4) is 0 Å². The zero-order chi connectivity index (χ0) is 15.2. The van der Waals surface area contributed by atoms with Gasteiger partial charge in [-0.3, -0.25) is 9.59 Å². The first-order chi connectivity index (χ1) is 10.1. The Morgan fingerprint density at radius 3 is 2.90 bits per heavy atom. The van der Waals surface area contributed by atoms with Gasteiger partial charge < -0.3 is 15.0 Å². The first-order valence-corrected chi connectivity index (χ1v) is 6.69. The van der Waals surface area contributed by atoms with Gasteiger partial charge in [0, 0.05) is 25.1 Å². The van der Waals surface area contributed by atoms with Gasteiger partial charge in [0.25, 0.3) is 5.91 Å². The lowest BCUT2D eigenvalue weighted by atomic mass is 10.2. The van der Waals surface area contributed by atoms with Gasteiger partial charge in [-0.25, -0.2) is 4.39 Å². The van der Waals surface area contributed by atoms with Crippen LogP contribution in [0.1, 0.15) is 12.0 Å². The summed E-state index contributed by atoms with van der Waals surface area (Å²) in [4.78, 5) is 24.8. The quantitative estimate of drug-likeness (QED) is 0.853. The summed E-state index contributed by atoms with van der Waals surface area (Å²) in [5, 5.41) is 2.29. The van der Waals surface area contributed by atoms with Crippen LogP contribution in [0.5, 0.6) is 5.75 Å². The third-order valence-electron chi connectivity index (χ3n) is 3.18. The number of nitrogens with zero attached hydrogens (tertiary/aromatic N) is 1. The van der Waals surface area contributed by atoms with Gasteiger partial charge in [0.15, 0.2) is 5.83 Å². The Morgan fingerprint density at radius 2 is 2.14 bits per heavy atom. The number of hydrogen-bond acceptors (Lipinski definition) is 3. The number of nitrogens with one attached hydrogen (secondary N) is 1. The monoisotopic (exact) mass is 292 g/mol. The molecule has 1 aliphatic rings. The van der Waals surface area contributed by atoms with Gasteiger partial charge >= 0.3 is 0 Å². The molecule has 0 atom stereocenters. The first kappa shape index (κ1) is 15.0. The summed E-state index contributed by atoms with van der Waals surface area (Å²) in [5.74, 6) is -1.26. The summed E-state index contributed by atoms with van der Waals surface area (Å²) in [5.41, 5.74) is 0.949. The standard InChI is InChI=1S/C15H17FN2O3/c1-11(16)15(20)17-7-6-14(19)18-8-9-21-13-5-3-2-4-12(13)10-18/h2-5H,1,6-10H2,(H,17,20). The van der Waals surface area contributed by atoms with Crippen LogP contribution in [0.25, 0.3) is 0 Å². The highest BCUT2D eigenvalue weighted by atomic mass is 19.1. The van der Waals surface area contributed by atoms with Crippen molar-refractivity contribution in [3.05, 3.63) is 42.2 Å². The summed E-state index contributed by atoms with van der Waals surface area (Å²) >= 11 is 0. The summed E-state index contributed by atoms with van der Waals surface area (Å²) in [7, 11) is 0. The Balaban J connectivity index is 1.88. The van der Waals surface area contributed by atoms with E-state index in [9.17, 15) is 14.0 Å². The van der Waals surface area contributed by atoms with Gasteiger partial charge in [0.05, 0.1) is 6.54 Å². The van der Waals surface area contributed by atoms with E-state index in [4.69, 9.17) is 4.74 Å². The SMILES string of the molecule is C=C(F)C(=O)NCCC(=O)N1CCOc2ccccc2C1. The van der Waals surface area contributed by atoms with Crippen LogP contribution in [0.2, 0.25) is 0 Å². The zero-order valence-corrected chi connectivity index (χ0v) is 11.6. The van der Waals surface area contributed by atoms with E-state index in [0.29, 0.717) is 19.7 Å². The lowest BCUT2D eigenvalue weighted by Gasteiger charge is -2.19. The van der Waals surface area contributed by atoms with Gasteiger partial charge in [-0.05, 0) is 6.07 Å². The van der Waals surface area contributed by atoms with Crippen molar-refractivity contribution < 1.29 is 18.7 Å². The van der Waals surface area contributed by atoms with Crippen LogP contribution in [0.15, 0.2) is 36.7 Å². The second kappa shape index (κ2) is 6.88. The molecule has 0 spiro atoms. The third-order valence-corrected chi connectivity index (χ3v) is 3.18. The highest BCUT2D eigenvalue weighted by molar-refractivity contribution is 5.90. The molecule has 1 aromatic carbocycles. The van der Waals surface area contributed by atoms with Crippen LogP contribution in [-0.4, -0.2) is 36.4 Å². The molecular formula is C15H17FN2O3. The molecule has 0 bridgehead atoms. The van der Waals surface area contributed by atoms with Crippen molar-refractivity contribution in [1.82, 2.24) is 10.2 Å². The summed E-state index contributed by atoms with van der Waals surface area (Å²) in [6, 6.07) is 7.56. The molecule has 0 unspecified atom stereocenters. The summed E-state index contributed by atoms with van der Waals surface area (Å²) in [6.07, 6.45) is 0.112. The highest BCUT2D eigenvalue weighted by Gasteiger charge is 2.19. The molecule has 0 fully saturated rings. The third kappa shape index (κ3) is 4.05. The molecule has 112 valence electrons. The molecule has 1 aliphatic heterocycles. The number of fused-ring (bicyclic) bond motifs is 1. The van der Waals surface area contributed by atoms with Crippen LogP contribution in [0, 0.1) is 0 Å². The van der Waals surface area contributed by atoms with Crippen LogP contribution < -0.4 is 10.1 Å². The maximum atomic E-state index is 12.5. The normalized spacial score (nSPS) is 13.7. The summed E-state index contributed by atoms with van der Waals surface area (Å²) in [6.45, 7) is 4.35. The smallest absolute Gasteiger partial charge is 0.279 e. The van der Waals surface area contributed by atoms with E-state index in [0.717, 1.165) is 11.3 Å². The number of rotatable bonds is 4. The largest absolute Gasteiger partial charge is 0.491 e. The van der Waals surface area contributed by atoms with E-state index in [1.54, 1.807) is 4.90 Å². The van der Waals surface area contributed by atoms with Gasteiger partial charge in [-0.2, -0.15) is 0 Å². The van der Waals surface area contributed by atoms with E-state index in [-0.39, 0.29) is 18.9 Å². The second-order valence-corrected chi connectivity index (χ2v) is 4.68. The number of amides is 2. The predicted octanol–water partition coefficient (Wildman–Crippen LogP) is 1.40. The van der Waals surface area contributed by atoms with Crippen molar-refractivity contribution in [3.63, 3.8) is 0 Å². The minimum atomic E-state index is -1.06. The number of benzene rings is 1. The number of carbonyl (C=O) groups excluding carboxylic acids is 2. The molecule has 0 radical (unpaired) electrons. The summed E-state index contributed by atoms with van der Waals surface area (Å²) < 4.78 is 18.1. The number of halogens is 1. The predicted molar refractivity (Wildman–Crippen MR) is 75.2 cm³/mol. The van der Waals surface area contributed by atoms with Crippen LogP contribution in [-0.2, 0) is 16.1 Å². The molecule has 6 heteroatoms. The van der Waals surface area contributed by atoms with Crippen molar-refractivity contribution >= 4 is 11.8 Å². The van der Waals surface area contributed by atoms with Gasteiger partial charge in [0.2, 0.25) is 5.91 Å². The average Bonchev–Trinajstić information content (AvgIpc) is 2.69. The van der Waals surface area contributed by atoms with E-state index >= 15 is 0 Å². The van der Waals surface area contributed by atoms with E-state index in [2.05, 4.69) is 11.9 Å². The highest BCUT2D eigenvalue weighted by Crippen LogP contribution is 2.22. The van der Waals surface area contributed by atoms with Crippen molar-refractivity contribution in [2.45, 2.75) is 13.0 Å². The fraction of sp³-hybridized carbons (Fsp3) is 0.333. The van der Waals surface area contributed by atoms with Crippen molar-refractivity contribution in [2.75, 3.05) is 19.7 Å². The molecule has 2 amide bonds. The molecule has 0 saturated heterocycles. The Labute approximate surface area is 122 Å². The molecule has 0 saturated carbocycles. The lowest BCUT2D eigenvalue weighted by molar-refractivity contribution is -0.131. The first-order valence-electron chi connectivity index (χ1n) is 6.69. The Kier molecular flexibility index (Phi) is 4.92. The minimum absolute atomic E-state index is 0.0829. The minimum Gasteiger partial charge on any atom is -0.491 e. The number of para-hydroxylation sites is 1. The van der Waals surface area contributed by atoms with Crippen molar-refractivity contribution in [1.29, 1.82) is 0 Å². The van der Waals surface area contributed by atoms with Crippen molar-refractivity contribution in [3.8, 4) is 5.75 Å². The topological polar surface area (TPSA) is 58.6 Å². The average molecular weight is 292 g/mol. The van der Waals surface area contributed by atoms with Crippen molar-refractivity contribution in [2.24, 2.45) is 0 Å². The maximum Gasteiger partial charge on any atom is 0.279 e. The molecule has 2 rings (SSSR count). The Hall–Kier alpha value is -2.37. The fourth-order valence-corrected chi connectivity index (χ4v) is 2.08. The molecule has 1 aromatic rings. The number of ether oxygens (including phenoxy) is 1. The molecule has 1 N–H and O–H groups in total. The van der Waals surface area contributed by atoms with Gasteiger partial charge in [-0.15, -0.1) is 0 Å². The van der Waals surface area contributed by atoms with Gasteiger partial charge in [-0.1, -0.05) is 24.8 Å². The molecule has 1 heterocycles. The molecule has 21 heavy (non-hydrogen) atoms. The maximum absolute atomic E-state index is 12.5. The molecule has 0 aliphatic carbocycles. The van der Waals surface area contributed by atoms with E-state index < -0.39 is 11.7 Å². The molecular weight excluding hydrogens is 275 g/mol. The van der Waals surface area contributed by atoms with Crippen LogP contribution in [0.4, 0.5) is 4.39 Å². The van der Waals surface area contributed by atoms with Crippen LogP contribution >= 0.6 is 0 Å². The van der Waals surface area contributed by atoms with E-state index in [1.807, 2.05) is 24.3 Å². The number of carbonyl (C=O) groups is 2. The zero-order valence-electron chi connectivity index (χ0n) is 11.6. The fourth-order valence-electron chi connectivity index (χ4n) is 2.08. The van der Waals surface area contributed by atoms with E-state index in [1.165, 1.54) is 0 Å². The molecule has 5 nitrogen and oxygen atoms in total. The lowest BCUT2D eigenvalue weighted by Crippen LogP contribution is -2.35.